The van der Waals surface area contributed by atoms with Gasteiger partial charge in [0.2, 0.25) is 0 Å². The van der Waals surface area contributed by atoms with E-state index >= 15 is 0 Å². The Hall–Kier alpha value is -2.58. The number of thiophene rings is 1. The van der Waals surface area contributed by atoms with Gasteiger partial charge in [0.1, 0.15) is 5.75 Å². The summed E-state index contributed by atoms with van der Waals surface area (Å²) in [6, 6.07) is 10.4. The maximum Gasteiger partial charge on any atom is 0.265 e. The van der Waals surface area contributed by atoms with Crippen molar-refractivity contribution in [3.8, 4) is 5.75 Å². The van der Waals surface area contributed by atoms with Crippen LogP contribution in [-0.4, -0.2) is 62.6 Å². The quantitative estimate of drug-likeness (QED) is 0.393. The van der Waals surface area contributed by atoms with Crippen molar-refractivity contribution in [2.24, 2.45) is 4.99 Å². The van der Waals surface area contributed by atoms with Crippen molar-refractivity contribution < 1.29 is 9.53 Å². The molecule has 4 rings (SSSR count). The number of fused-ring (bicyclic) bond motifs is 1. The minimum Gasteiger partial charge on any atom is -0.482 e. The molecule has 8 heteroatoms. The van der Waals surface area contributed by atoms with Gasteiger partial charge in [-0.2, -0.15) is 11.3 Å². The van der Waals surface area contributed by atoms with Crippen molar-refractivity contribution in [2.75, 3.05) is 44.7 Å². The summed E-state index contributed by atoms with van der Waals surface area (Å²) in [5.74, 6) is 1.62. The summed E-state index contributed by atoms with van der Waals surface area (Å²) in [6.07, 6.45) is 3.06. The van der Waals surface area contributed by atoms with Crippen molar-refractivity contribution in [1.29, 1.82) is 0 Å². The number of para-hydroxylation sites is 2. The molecule has 1 amide bonds. The molecule has 0 radical (unpaired) electrons. The monoisotopic (exact) mass is 441 g/mol. The van der Waals surface area contributed by atoms with Crippen LogP contribution in [0.15, 0.2) is 46.1 Å². The van der Waals surface area contributed by atoms with Crippen LogP contribution in [0.1, 0.15) is 24.8 Å². The van der Waals surface area contributed by atoms with Crippen LogP contribution in [0.4, 0.5) is 5.69 Å². The maximum absolute atomic E-state index is 12.3. The average Bonchev–Trinajstić information content (AvgIpc) is 3.31. The van der Waals surface area contributed by atoms with Gasteiger partial charge >= 0.3 is 0 Å². The second-order valence-electron chi connectivity index (χ2n) is 7.98. The fourth-order valence-electron chi connectivity index (χ4n) is 4.11. The second-order valence-corrected chi connectivity index (χ2v) is 8.76. The molecule has 0 bridgehead atoms. The summed E-state index contributed by atoms with van der Waals surface area (Å²) >= 11 is 1.76. The smallest absolute Gasteiger partial charge is 0.265 e. The summed E-state index contributed by atoms with van der Waals surface area (Å²) in [6.45, 7) is 4.77. The Bertz CT molecular complexity index is 878. The van der Waals surface area contributed by atoms with Gasteiger partial charge in [0.15, 0.2) is 12.6 Å². The molecule has 0 unspecified atom stereocenters. The number of benzene rings is 1. The van der Waals surface area contributed by atoms with E-state index in [1.54, 1.807) is 11.3 Å². The molecule has 2 N–H and O–H groups in total. The Balaban J connectivity index is 1.17. The molecule has 0 atom stereocenters. The highest BCUT2D eigenvalue weighted by molar-refractivity contribution is 7.07. The zero-order valence-corrected chi connectivity index (χ0v) is 18.9. The molecule has 31 heavy (non-hydrogen) atoms. The van der Waals surface area contributed by atoms with E-state index in [2.05, 4.69) is 37.4 Å². The number of ether oxygens (including phenoxy) is 1. The molecule has 0 aliphatic carbocycles. The number of hydrogen-bond acceptors (Lipinski definition) is 5. The van der Waals surface area contributed by atoms with E-state index in [0.29, 0.717) is 12.6 Å². The van der Waals surface area contributed by atoms with Gasteiger partial charge in [-0.25, -0.2) is 0 Å². The number of hydrogen-bond donors (Lipinski definition) is 2. The molecule has 2 aliphatic rings. The highest BCUT2D eigenvalue weighted by Gasteiger charge is 2.24. The molecular formula is C23H31N5O2S. The molecule has 2 aromatic rings. The molecule has 0 saturated carbocycles. The number of nitrogens with zero attached hydrogens (tertiary/aromatic N) is 3. The van der Waals surface area contributed by atoms with E-state index < -0.39 is 0 Å². The average molecular weight is 442 g/mol. The maximum atomic E-state index is 12.3. The molecule has 2 aliphatic heterocycles. The Morgan fingerprint density at radius 1 is 1.26 bits per heavy atom. The van der Waals surface area contributed by atoms with E-state index in [4.69, 9.17) is 4.74 Å². The van der Waals surface area contributed by atoms with E-state index in [0.717, 1.165) is 62.8 Å². The lowest BCUT2D eigenvalue weighted by molar-refractivity contribution is -0.121. The third kappa shape index (κ3) is 5.77. The summed E-state index contributed by atoms with van der Waals surface area (Å²) in [7, 11) is 1.81. The number of carbonyl (C=O) groups is 1. The van der Waals surface area contributed by atoms with Crippen molar-refractivity contribution in [2.45, 2.75) is 31.8 Å². The van der Waals surface area contributed by atoms with Crippen LogP contribution < -0.4 is 20.3 Å². The number of piperidine rings is 1. The number of aliphatic imine (C=N–C) groups is 1. The summed E-state index contributed by atoms with van der Waals surface area (Å²) in [5.41, 5.74) is 2.27. The first-order chi connectivity index (χ1) is 15.2. The third-order valence-electron chi connectivity index (χ3n) is 5.80. The van der Waals surface area contributed by atoms with Crippen molar-refractivity contribution in [3.05, 3.63) is 46.7 Å². The highest BCUT2D eigenvalue weighted by Crippen LogP contribution is 2.31. The van der Waals surface area contributed by atoms with Crippen LogP contribution in [0.25, 0.3) is 0 Å². The zero-order chi connectivity index (χ0) is 21.5. The van der Waals surface area contributed by atoms with Crippen LogP contribution >= 0.6 is 11.3 Å². The molecular weight excluding hydrogens is 410 g/mol. The van der Waals surface area contributed by atoms with Gasteiger partial charge in [-0.3, -0.25) is 14.7 Å². The van der Waals surface area contributed by atoms with Crippen LogP contribution in [0.2, 0.25) is 0 Å². The molecule has 1 fully saturated rings. The van der Waals surface area contributed by atoms with Crippen molar-refractivity contribution in [1.82, 2.24) is 15.5 Å². The van der Waals surface area contributed by atoms with Crippen LogP contribution in [0.3, 0.4) is 0 Å². The summed E-state index contributed by atoms with van der Waals surface area (Å²) in [5, 5.41) is 11.3. The third-order valence-corrected chi connectivity index (χ3v) is 6.53. The Morgan fingerprint density at radius 3 is 2.87 bits per heavy atom. The minimum absolute atomic E-state index is 0.00965. The van der Waals surface area contributed by atoms with Gasteiger partial charge in [-0.15, -0.1) is 0 Å². The van der Waals surface area contributed by atoms with Crippen molar-refractivity contribution in [3.63, 3.8) is 0 Å². The number of amides is 1. The lowest BCUT2D eigenvalue weighted by Crippen LogP contribution is -2.49. The number of likely N-dealkylation sites (tertiary alicyclic amines) is 1. The van der Waals surface area contributed by atoms with Gasteiger partial charge in [-0.1, -0.05) is 12.1 Å². The van der Waals surface area contributed by atoms with E-state index in [-0.39, 0.29) is 12.5 Å². The number of carbonyl (C=O) groups excluding carboxylic acids is 1. The molecule has 1 saturated heterocycles. The largest absolute Gasteiger partial charge is 0.482 e. The van der Waals surface area contributed by atoms with Gasteiger partial charge in [-0.05, 0) is 53.8 Å². The molecule has 0 spiro atoms. The number of guanidine groups is 1. The first-order valence-corrected chi connectivity index (χ1v) is 11.9. The fraction of sp³-hybridized carbons (Fsp3) is 0.478. The lowest BCUT2D eigenvalue weighted by atomic mass is 10.0. The minimum atomic E-state index is 0.00965. The predicted octanol–water partition coefficient (Wildman–Crippen LogP) is 2.69. The van der Waals surface area contributed by atoms with Gasteiger partial charge < -0.3 is 20.3 Å². The fourth-order valence-corrected chi connectivity index (χ4v) is 4.77. The first-order valence-electron chi connectivity index (χ1n) is 11.0. The Kier molecular flexibility index (Phi) is 7.43. The highest BCUT2D eigenvalue weighted by atomic mass is 32.1. The predicted molar refractivity (Wildman–Crippen MR) is 126 cm³/mol. The van der Waals surface area contributed by atoms with Crippen molar-refractivity contribution >= 4 is 28.9 Å². The molecule has 3 heterocycles. The molecule has 1 aromatic heterocycles. The van der Waals surface area contributed by atoms with E-state index in [9.17, 15) is 4.79 Å². The van der Waals surface area contributed by atoms with Crippen LogP contribution in [0, 0.1) is 0 Å². The lowest BCUT2D eigenvalue weighted by Gasteiger charge is -2.33. The topological polar surface area (TPSA) is 69.2 Å². The van der Waals surface area contributed by atoms with Gasteiger partial charge in [0, 0.05) is 45.8 Å². The standard InChI is InChI=1S/C23H31N5O2S/c1-24-23(26-19-7-12-27(13-8-19)15-18-9-14-31-17-18)25-10-4-11-28-20-5-2-3-6-21(20)30-16-22(28)29/h2-3,5-6,9,14,17,19H,4,7-8,10-13,15-16H2,1H3,(H2,24,25,26). The normalized spacial score (nSPS) is 17.9. The summed E-state index contributed by atoms with van der Waals surface area (Å²) in [4.78, 5) is 21.0. The van der Waals surface area contributed by atoms with E-state index in [1.807, 2.05) is 36.2 Å². The molecule has 1 aromatic carbocycles. The van der Waals surface area contributed by atoms with E-state index in [1.165, 1.54) is 5.56 Å². The van der Waals surface area contributed by atoms with Crippen LogP contribution in [0.5, 0.6) is 5.75 Å². The zero-order valence-electron chi connectivity index (χ0n) is 18.0. The van der Waals surface area contributed by atoms with Crippen LogP contribution in [-0.2, 0) is 11.3 Å². The Morgan fingerprint density at radius 2 is 2.10 bits per heavy atom. The molecule has 7 nitrogen and oxygen atoms in total. The number of nitrogens with one attached hydrogen (secondary N) is 2. The number of anilines is 1. The summed E-state index contributed by atoms with van der Waals surface area (Å²) < 4.78 is 5.51. The number of rotatable bonds is 7. The first kappa shape index (κ1) is 21.6. The Labute approximate surface area is 188 Å². The SMILES string of the molecule is CN=C(NCCCN1C(=O)COc2ccccc21)NC1CCN(Cc2ccsc2)CC1. The molecule has 166 valence electrons. The second kappa shape index (κ2) is 10.6. The van der Waals surface area contributed by atoms with Gasteiger partial charge in [0.05, 0.1) is 5.69 Å². The van der Waals surface area contributed by atoms with Gasteiger partial charge in [0.25, 0.3) is 5.91 Å².